The van der Waals surface area contributed by atoms with Crippen molar-refractivity contribution in [3.8, 4) is 0 Å². The summed E-state index contributed by atoms with van der Waals surface area (Å²) in [5, 5.41) is 10.0. The van der Waals surface area contributed by atoms with Crippen molar-refractivity contribution in [1.82, 2.24) is 24.5 Å². The van der Waals surface area contributed by atoms with Gasteiger partial charge in [0, 0.05) is 37.5 Å². The monoisotopic (exact) mass is 388 g/mol. The Morgan fingerprint density at radius 3 is 2.59 bits per heavy atom. The van der Waals surface area contributed by atoms with Crippen molar-refractivity contribution in [3.63, 3.8) is 0 Å². The largest absolute Gasteiger partial charge is 0.459 e. The van der Waals surface area contributed by atoms with E-state index in [1.165, 1.54) is 6.26 Å². The van der Waals surface area contributed by atoms with E-state index in [4.69, 9.17) is 9.40 Å². The van der Waals surface area contributed by atoms with Crippen LogP contribution in [-0.4, -0.2) is 56.6 Å². The molecule has 6 rings (SSSR count). The first-order chi connectivity index (χ1) is 14.3. The van der Waals surface area contributed by atoms with Gasteiger partial charge in [0.2, 0.25) is 5.95 Å². The third-order valence-electron chi connectivity index (χ3n) is 5.78. The Labute approximate surface area is 166 Å². The summed E-state index contributed by atoms with van der Waals surface area (Å²) in [6, 6.07) is 11.5. The van der Waals surface area contributed by atoms with Crippen LogP contribution >= 0.6 is 0 Å². The molecular weight excluding hydrogens is 368 g/mol. The van der Waals surface area contributed by atoms with Crippen molar-refractivity contribution in [1.29, 1.82) is 0 Å². The standard InChI is InChI=1S/C21H20N6O2/c28-20(17-6-3-13-29-17)25-9-11-26(12-10-25)21-22-16-5-2-1-4-15(16)19-24-23-18(27(19)21)14-7-8-14/h1-6,13-14H,7-12H2. The number of rotatable bonds is 3. The maximum absolute atomic E-state index is 12.6. The van der Waals surface area contributed by atoms with E-state index in [-0.39, 0.29) is 5.91 Å². The number of benzene rings is 1. The lowest BCUT2D eigenvalue weighted by atomic mass is 10.2. The number of piperazine rings is 1. The molecule has 0 unspecified atom stereocenters. The lowest BCUT2D eigenvalue weighted by Crippen LogP contribution is -2.49. The minimum atomic E-state index is -0.0609. The van der Waals surface area contributed by atoms with Crippen molar-refractivity contribution in [2.24, 2.45) is 0 Å². The molecule has 29 heavy (non-hydrogen) atoms. The van der Waals surface area contributed by atoms with Gasteiger partial charge in [-0.2, -0.15) is 0 Å². The van der Waals surface area contributed by atoms with E-state index >= 15 is 0 Å². The van der Waals surface area contributed by atoms with E-state index in [9.17, 15) is 4.79 Å². The smallest absolute Gasteiger partial charge is 0.289 e. The molecule has 0 spiro atoms. The van der Waals surface area contributed by atoms with Crippen LogP contribution in [0.4, 0.5) is 5.95 Å². The van der Waals surface area contributed by atoms with E-state index in [0.717, 1.165) is 41.2 Å². The van der Waals surface area contributed by atoms with Crippen LogP contribution in [0, 0.1) is 0 Å². The van der Waals surface area contributed by atoms with Gasteiger partial charge < -0.3 is 14.2 Å². The van der Waals surface area contributed by atoms with Crippen LogP contribution < -0.4 is 4.90 Å². The quantitative estimate of drug-likeness (QED) is 0.537. The highest BCUT2D eigenvalue weighted by Gasteiger charge is 2.32. The number of para-hydroxylation sites is 1. The molecule has 1 aromatic carbocycles. The highest BCUT2D eigenvalue weighted by atomic mass is 16.3. The number of hydrogen-bond donors (Lipinski definition) is 0. The van der Waals surface area contributed by atoms with Gasteiger partial charge in [-0.3, -0.25) is 4.79 Å². The van der Waals surface area contributed by atoms with Crippen LogP contribution in [0.1, 0.15) is 35.1 Å². The molecule has 1 saturated heterocycles. The summed E-state index contributed by atoms with van der Waals surface area (Å²) in [7, 11) is 0. The SMILES string of the molecule is O=C(c1ccco1)N1CCN(c2nc3ccccc3c3nnc(C4CC4)n23)CC1. The van der Waals surface area contributed by atoms with Crippen molar-refractivity contribution >= 4 is 28.4 Å². The molecule has 4 heterocycles. The molecule has 4 aromatic rings. The zero-order valence-electron chi connectivity index (χ0n) is 15.9. The summed E-state index contributed by atoms with van der Waals surface area (Å²) in [4.78, 5) is 21.6. The van der Waals surface area contributed by atoms with E-state index in [0.29, 0.717) is 37.9 Å². The fourth-order valence-corrected chi connectivity index (χ4v) is 4.07. The van der Waals surface area contributed by atoms with Crippen molar-refractivity contribution in [3.05, 3.63) is 54.2 Å². The lowest BCUT2D eigenvalue weighted by Gasteiger charge is -2.35. The van der Waals surface area contributed by atoms with Gasteiger partial charge in [0.15, 0.2) is 11.4 Å². The van der Waals surface area contributed by atoms with Gasteiger partial charge in [-0.05, 0) is 37.1 Å². The van der Waals surface area contributed by atoms with Gasteiger partial charge in [0.05, 0.1) is 11.8 Å². The Bertz CT molecular complexity index is 1200. The summed E-state index contributed by atoms with van der Waals surface area (Å²) in [5.74, 6) is 2.67. The molecule has 3 aromatic heterocycles. The first-order valence-corrected chi connectivity index (χ1v) is 10.0. The molecule has 146 valence electrons. The second kappa shape index (κ2) is 6.30. The molecule has 1 aliphatic carbocycles. The Hall–Kier alpha value is -3.42. The third-order valence-corrected chi connectivity index (χ3v) is 5.78. The molecule has 1 amide bonds. The second-order valence-corrected chi connectivity index (χ2v) is 7.68. The predicted octanol–water partition coefficient (Wildman–Crippen LogP) is 2.71. The number of carbonyl (C=O) groups is 1. The maximum Gasteiger partial charge on any atom is 0.289 e. The summed E-state index contributed by atoms with van der Waals surface area (Å²) in [5.41, 5.74) is 1.78. The topological polar surface area (TPSA) is 79.8 Å². The van der Waals surface area contributed by atoms with Crippen LogP contribution in [0.5, 0.6) is 0 Å². The fraction of sp³-hybridized carbons (Fsp3) is 0.333. The van der Waals surface area contributed by atoms with Crippen molar-refractivity contribution < 1.29 is 9.21 Å². The number of amides is 1. The van der Waals surface area contributed by atoms with E-state index in [1.807, 2.05) is 29.2 Å². The highest BCUT2D eigenvalue weighted by molar-refractivity contribution is 5.93. The lowest BCUT2D eigenvalue weighted by molar-refractivity contribution is 0.0714. The van der Waals surface area contributed by atoms with E-state index in [1.54, 1.807) is 12.1 Å². The van der Waals surface area contributed by atoms with Gasteiger partial charge in [-0.15, -0.1) is 10.2 Å². The van der Waals surface area contributed by atoms with E-state index < -0.39 is 0 Å². The first-order valence-electron chi connectivity index (χ1n) is 10.0. The zero-order valence-corrected chi connectivity index (χ0v) is 15.9. The first kappa shape index (κ1) is 16.5. The Morgan fingerprint density at radius 2 is 1.83 bits per heavy atom. The average Bonchev–Trinajstić information content (AvgIpc) is 3.28. The normalized spacial score (nSPS) is 17.4. The van der Waals surface area contributed by atoms with Gasteiger partial charge >= 0.3 is 0 Å². The number of carbonyl (C=O) groups excluding carboxylic acids is 1. The highest BCUT2D eigenvalue weighted by Crippen LogP contribution is 2.40. The molecule has 8 heteroatoms. The summed E-state index contributed by atoms with van der Waals surface area (Å²) >= 11 is 0. The summed E-state index contributed by atoms with van der Waals surface area (Å²) in [6.07, 6.45) is 3.83. The van der Waals surface area contributed by atoms with Crippen LogP contribution in [0.25, 0.3) is 16.6 Å². The molecule has 2 fully saturated rings. The number of nitrogens with zero attached hydrogens (tertiary/aromatic N) is 6. The summed E-state index contributed by atoms with van der Waals surface area (Å²) < 4.78 is 7.40. The van der Waals surface area contributed by atoms with Crippen molar-refractivity contribution in [2.45, 2.75) is 18.8 Å². The molecule has 0 N–H and O–H groups in total. The third kappa shape index (κ3) is 2.66. The van der Waals surface area contributed by atoms with E-state index in [2.05, 4.69) is 19.5 Å². The van der Waals surface area contributed by atoms with Crippen LogP contribution in [0.2, 0.25) is 0 Å². The van der Waals surface area contributed by atoms with Gasteiger partial charge in [-0.25, -0.2) is 9.38 Å². The zero-order chi connectivity index (χ0) is 19.4. The number of fused-ring (bicyclic) bond motifs is 3. The number of anilines is 1. The van der Waals surface area contributed by atoms with Crippen LogP contribution in [0.3, 0.4) is 0 Å². The number of aromatic nitrogens is 4. The second-order valence-electron chi connectivity index (χ2n) is 7.68. The minimum Gasteiger partial charge on any atom is -0.459 e. The molecule has 0 atom stereocenters. The number of hydrogen-bond acceptors (Lipinski definition) is 6. The van der Waals surface area contributed by atoms with Gasteiger partial charge in [0.1, 0.15) is 5.82 Å². The molecule has 1 saturated carbocycles. The molecule has 8 nitrogen and oxygen atoms in total. The molecule has 2 aliphatic rings. The fourth-order valence-electron chi connectivity index (χ4n) is 4.07. The van der Waals surface area contributed by atoms with Gasteiger partial charge in [0.25, 0.3) is 5.91 Å². The summed E-state index contributed by atoms with van der Waals surface area (Å²) in [6.45, 7) is 2.65. The predicted molar refractivity (Wildman–Crippen MR) is 107 cm³/mol. The van der Waals surface area contributed by atoms with Gasteiger partial charge in [-0.1, -0.05) is 12.1 Å². The minimum absolute atomic E-state index is 0.0609. The van der Waals surface area contributed by atoms with Crippen molar-refractivity contribution in [2.75, 3.05) is 31.1 Å². The number of furan rings is 1. The average molecular weight is 388 g/mol. The Morgan fingerprint density at radius 1 is 1.00 bits per heavy atom. The maximum atomic E-state index is 12.6. The Balaban J connectivity index is 1.37. The Kier molecular flexibility index (Phi) is 3.59. The molecule has 0 bridgehead atoms. The molecule has 1 aliphatic heterocycles. The molecular formula is C21H20N6O2. The molecule has 0 radical (unpaired) electrons. The van der Waals surface area contributed by atoms with Crippen LogP contribution in [-0.2, 0) is 0 Å². The van der Waals surface area contributed by atoms with Crippen LogP contribution in [0.15, 0.2) is 47.1 Å².